The Morgan fingerprint density at radius 3 is 2.63 bits per heavy atom. The van der Waals surface area contributed by atoms with Gasteiger partial charge >= 0.3 is 5.97 Å². The fourth-order valence-corrected chi connectivity index (χ4v) is 3.86. The molecule has 0 N–H and O–H groups in total. The molecule has 0 spiro atoms. The van der Waals surface area contributed by atoms with Crippen molar-refractivity contribution in [3.63, 3.8) is 0 Å². The van der Waals surface area contributed by atoms with Gasteiger partial charge in [0.2, 0.25) is 0 Å². The molecule has 1 unspecified atom stereocenters. The molecule has 2 heterocycles. The summed E-state index contributed by atoms with van der Waals surface area (Å²) in [7, 11) is 0. The topological polar surface area (TPSA) is 55.8 Å². The van der Waals surface area contributed by atoms with E-state index in [1.807, 2.05) is 24.3 Å². The molecule has 0 radical (unpaired) electrons. The Hall–Kier alpha value is -2.86. The van der Waals surface area contributed by atoms with Gasteiger partial charge in [0.05, 0.1) is 24.7 Å². The van der Waals surface area contributed by atoms with Crippen LogP contribution in [-0.4, -0.2) is 48.7 Å². The van der Waals surface area contributed by atoms with E-state index in [0.29, 0.717) is 29.4 Å². The summed E-state index contributed by atoms with van der Waals surface area (Å²) in [5.74, 6) is 0.0510. The molecule has 0 bridgehead atoms. The molecular formula is C23H21ClFNO4. The van der Waals surface area contributed by atoms with E-state index < -0.39 is 12.1 Å². The summed E-state index contributed by atoms with van der Waals surface area (Å²) in [6, 6.07) is 11.0. The van der Waals surface area contributed by atoms with Crippen molar-refractivity contribution in [2.75, 3.05) is 19.7 Å². The zero-order chi connectivity index (χ0) is 21.3. The molecule has 7 heteroatoms. The summed E-state index contributed by atoms with van der Waals surface area (Å²) in [5.41, 5.74) is 3.30. The van der Waals surface area contributed by atoms with Crippen molar-refractivity contribution in [1.82, 2.24) is 4.90 Å². The van der Waals surface area contributed by atoms with Gasteiger partial charge < -0.3 is 14.4 Å². The van der Waals surface area contributed by atoms with E-state index in [9.17, 15) is 14.0 Å². The average molecular weight is 430 g/mol. The first-order valence-corrected chi connectivity index (χ1v) is 10.2. The first-order valence-electron chi connectivity index (χ1n) is 9.82. The third-order valence-electron chi connectivity index (χ3n) is 5.13. The number of carbonyl (C=O) groups is 2. The van der Waals surface area contributed by atoms with E-state index in [1.165, 1.54) is 11.0 Å². The quantitative estimate of drug-likeness (QED) is 0.527. The minimum atomic E-state index is -0.917. The molecule has 5 nitrogen and oxygen atoms in total. The molecule has 4 rings (SSSR count). The molecule has 2 aliphatic rings. The highest BCUT2D eigenvalue weighted by molar-refractivity contribution is 6.32. The van der Waals surface area contributed by atoms with Crippen LogP contribution in [0, 0.1) is 0 Å². The summed E-state index contributed by atoms with van der Waals surface area (Å²) in [5, 5.41) is 0.490. The number of rotatable bonds is 5. The minimum absolute atomic E-state index is 0.160. The lowest BCUT2D eigenvalue weighted by Crippen LogP contribution is -2.51. The van der Waals surface area contributed by atoms with Gasteiger partial charge in [-0.1, -0.05) is 23.7 Å². The molecule has 2 aliphatic heterocycles. The maximum Gasteiger partial charge on any atom is 0.330 e. The highest BCUT2D eigenvalue weighted by Gasteiger charge is 2.31. The van der Waals surface area contributed by atoms with Crippen LogP contribution in [0.3, 0.4) is 0 Å². The zero-order valence-electron chi connectivity index (χ0n) is 16.4. The number of ether oxygens (including phenoxy) is 2. The molecule has 0 aliphatic carbocycles. The van der Waals surface area contributed by atoms with Gasteiger partial charge in [-0.2, -0.15) is 0 Å². The van der Waals surface area contributed by atoms with Crippen molar-refractivity contribution >= 4 is 23.5 Å². The third-order valence-corrected chi connectivity index (χ3v) is 5.41. The monoisotopic (exact) mass is 429 g/mol. The van der Waals surface area contributed by atoms with Crippen molar-refractivity contribution < 1.29 is 23.5 Å². The lowest BCUT2D eigenvalue weighted by Gasteiger charge is -2.34. The second kappa shape index (κ2) is 8.48. The van der Waals surface area contributed by atoms with Crippen LogP contribution in [0.1, 0.15) is 22.8 Å². The Morgan fingerprint density at radius 2 is 1.97 bits per heavy atom. The molecular weight excluding hydrogens is 409 g/mol. The van der Waals surface area contributed by atoms with Crippen molar-refractivity contribution in [3.8, 4) is 16.9 Å². The van der Waals surface area contributed by atoms with Crippen molar-refractivity contribution in [3.05, 3.63) is 64.7 Å². The number of fused-ring (bicyclic) bond motifs is 1. The molecule has 0 saturated carbocycles. The van der Waals surface area contributed by atoms with Gasteiger partial charge in [0, 0.05) is 23.6 Å². The predicted octanol–water partition coefficient (Wildman–Crippen LogP) is 4.22. The SMILES string of the molecule is CCOC(=O)C=CC1Cc2cc(-c3ccc(C(=O)N4CC(F)C4)cc3)cc(Cl)c2O1. The number of alkyl halides is 1. The van der Waals surface area contributed by atoms with E-state index >= 15 is 0 Å². The molecule has 1 amide bonds. The van der Waals surface area contributed by atoms with Crippen molar-refractivity contribution in [1.29, 1.82) is 0 Å². The highest BCUT2D eigenvalue weighted by atomic mass is 35.5. The standard InChI is InChI=1S/C23H21ClFNO4/c1-2-29-21(27)8-7-19-10-17-9-16(11-20(24)22(17)30-19)14-3-5-15(6-4-14)23(28)26-12-18(25)13-26/h3-9,11,18-19H,2,10,12-13H2,1H3. The molecule has 2 aromatic rings. The molecule has 2 aromatic carbocycles. The predicted molar refractivity (Wildman–Crippen MR) is 112 cm³/mol. The summed E-state index contributed by atoms with van der Waals surface area (Å²) in [6.07, 6.45) is 2.43. The number of likely N-dealkylation sites (tertiary alicyclic amines) is 1. The van der Waals surface area contributed by atoms with Crippen LogP contribution in [0.2, 0.25) is 5.02 Å². The highest BCUT2D eigenvalue weighted by Crippen LogP contribution is 2.40. The molecule has 0 aromatic heterocycles. The Labute approximate surface area is 179 Å². The van der Waals surface area contributed by atoms with Gasteiger partial charge in [0.15, 0.2) is 0 Å². The largest absolute Gasteiger partial charge is 0.484 e. The number of hydrogen-bond acceptors (Lipinski definition) is 4. The third kappa shape index (κ3) is 4.19. The lowest BCUT2D eigenvalue weighted by atomic mass is 9.99. The van der Waals surface area contributed by atoms with Gasteiger partial charge in [0.25, 0.3) is 5.91 Å². The first kappa shape index (κ1) is 20.4. The van der Waals surface area contributed by atoms with Gasteiger partial charge in [0.1, 0.15) is 18.0 Å². The van der Waals surface area contributed by atoms with Crippen LogP contribution in [0.4, 0.5) is 4.39 Å². The Bertz CT molecular complexity index is 999. The molecule has 156 valence electrons. The Morgan fingerprint density at radius 1 is 1.23 bits per heavy atom. The summed E-state index contributed by atoms with van der Waals surface area (Å²) in [4.78, 5) is 25.3. The maximum absolute atomic E-state index is 13.0. The van der Waals surface area contributed by atoms with Crippen LogP contribution in [0.25, 0.3) is 11.1 Å². The van der Waals surface area contributed by atoms with E-state index in [4.69, 9.17) is 21.1 Å². The fraction of sp³-hybridized carbons (Fsp3) is 0.304. The van der Waals surface area contributed by atoms with E-state index in [0.717, 1.165) is 16.7 Å². The van der Waals surface area contributed by atoms with E-state index in [-0.39, 0.29) is 25.1 Å². The summed E-state index contributed by atoms with van der Waals surface area (Å²) < 4.78 is 23.7. The Kier molecular flexibility index (Phi) is 5.77. The number of amides is 1. The molecule has 1 fully saturated rings. The van der Waals surface area contributed by atoms with Crippen LogP contribution >= 0.6 is 11.6 Å². The number of benzene rings is 2. The molecule has 30 heavy (non-hydrogen) atoms. The van der Waals surface area contributed by atoms with Crippen LogP contribution in [0.5, 0.6) is 5.75 Å². The molecule has 1 saturated heterocycles. The van der Waals surface area contributed by atoms with Crippen molar-refractivity contribution in [2.45, 2.75) is 25.6 Å². The first-order chi connectivity index (χ1) is 14.4. The zero-order valence-corrected chi connectivity index (χ0v) is 17.2. The number of hydrogen-bond donors (Lipinski definition) is 0. The van der Waals surface area contributed by atoms with Crippen molar-refractivity contribution in [2.24, 2.45) is 0 Å². The van der Waals surface area contributed by atoms with E-state index in [2.05, 4.69) is 0 Å². The van der Waals surface area contributed by atoms with Gasteiger partial charge in [-0.25, -0.2) is 9.18 Å². The number of nitrogens with zero attached hydrogens (tertiary/aromatic N) is 1. The number of esters is 1. The average Bonchev–Trinajstić information content (AvgIpc) is 3.13. The number of halogens is 2. The second-order valence-corrected chi connectivity index (χ2v) is 7.71. The molecule has 1 atom stereocenters. The number of carbonyl (C=O) groups excluding carboxylic acids is 2. The minimum Gasteiger partial charge on any atom is -0.484 e. The second-order valence-electron chi connectivity index (χ2n) is 7.30. The van der Waals surface area contributed by atoms with Gasteiger partial charge in [-0.15, -0.1) is 0 Å². The Balaban J connectivity index is 1.48. The summed E-state index contributed by atoms with van der Waals surface area (Å²) in [6.45, 7) is 2.39. The fourth-order valence-electron chi connectivity index (χ4n) is 3.57. The van der Waals surface area contributed by atoms with Crippen LogP contribution in [0.15, 0.2) is 48.6 Å². The lowest BCUT2D eigenvalue weighted by molar-refractivity contribution is -0.137. The maximum atomic E-state index is 13.0. The van der Waals surface area contributed by atoms with E-state index in [1.54, 1.807) is 25.1 Å². The van der Waals surface area contributed by atoms with Gasteiger partial charge in [-0.05, 0) is 48.4 Å². The van der Waals surface area contributed by atoms with Gasteiger partial charge in [-0.3, -0.25) is 4.79 Å². The smallest absolute Gasteiger partial charge is 0.330 e. The normalized spacial score (nSPS) is 18.1. The summed E-state index contributed by atoms with van der Waals surface area (Å²) >= 11 is 6.43. The van der Waals surface area contributed by atoms with Crippen LogP contribution in [-0.2, 0) is 16.0 Å². The van der Waals surface area contributed by atoms with Crippen LogP contribution < -0.4 is 4.74 Å².